The highest BCUT2D eigenvalue weighted by molar-refractivity contribution is 7.89. The molecule has 0 amide bonds. The maximum absolute atomic E-state index is 11.9. The fourth-order valence-electron chi connectivity index (χ4n) is 4.49. The first-order chi connectivity index (χ1) is 11.9. The second-order valence-corrected chi connectivity index (χ2v) is 9.75. The minimum atomic E-state index is -2.97. The van der Waals surface area contributed by atoms with Crippen molar-refractivity contribution < 1.29 is 8.42 Å². The third kappa shape index (κ3) is 3.27. The zero-order chi connectivity index (χ0) is 17.6. The van der Waals surface area contributed by atoms with E-state index in [2.05, 4.69) is 26.7 Å². The van der Waals surface area contributed by atoms with E-state index < -0.39 is 10.0 Å². The van der Waals surface area contributed by atoms with Crippen LogP contribution in [0.3, 0.4) is 0 Å². The fraction of sp³-hybridized carbons (Fsp3) is 0.765. The number of hydrogen-bond acceptors (Lipinski definition) is 6. The summed E-state index contributed by atoms with van der Waals surface area (Å²) in [4.78, 5) is 13.6. The monoisotopic (exact) mass is 365 g/mol. The normalized spacial score (nSPS) is 29.4. The molecule has 0 spiro atoms. The Hall–Kier alpha value is -1.25. The van der Waals surface area contributed by atoms with Gasteiger partial charge in [-0.15, -0.1) is 0 Å². The van der Waals surface area contributed by atoms with Crippen molar-refractivity contribution in [3.63, 3.8) is 0 Å². The van der Waals surface area contributed by atoms with E-state index in [1.807, 2.05) is 6.92 Å². The molecular weight excluding hydrogens is 338 g/mol. The summed E-state index contributed by atoms with van der Waals surface area (Å²) in [6.45, 7) is 10.6. The molecule has 0 aromatic carbocycles. The molecule has 25 heavy (non-hydrogen) atoms. The van der Waals surface area contributed by atoms with Crippen LogP contribution < -0.4 is 4.90 Å². The number of sulfonamides is 1. The Labute approximate surface area is 150 Å². The quantitative estimate of drug-likeness (QED) is 0.774. The topological polar surface area (TPSA) is 69.6 Å². The van der Waals surface area contributed by atoms with Crippen LogP contribution in [-0.4, -0.2) is 79.2 Å². The van der Waals surface area contributed by atoms with E-state index >= 15 is 0 Å². The lowest BCUT2D eigenvalue weighted by atomic mass is 10.0. The van der Waals surface area contributed by atoms with Gasteiger partial charge in [-0.05, 0) is 32.1 Å². The highest BCUT2D eigenvalue weighted by Crippen LogP contribution is 2.34. The van der Waals surface area contributed by atoms with Crippen LogP contribution in [0.25, 0.3) is 0 Å². The summed E-state index contributed by atoms with van der Waals surface area (Å²) < 4.78 is 25.5. The van der Waals surface area contributed by atoms with Crippen molar-refractivity contribution in [1.82, 2.24) is 19.2 Å². The van der Waals surface area contributed by atoms with Gasteiger partial charge in [0.05, 0.1) is 5.75 Å². The van der Waals surface area contributed by atoms with Crippen molar-refractivity contribution in [2.45, 2.75) is 20.3 Å². The van der Waals surface area contributed by atoms with Gasteiger partial charge in [-0.25, -0.2) is 22.7 Å². The molecule has 0 aliphatic carbocycles. The van der Waals surface area contributed by atoms with Gasteiger partial charge in [-0.3, -0.25) is 0 Å². The maximum Gasteiger partial charge on any atom is 0.214 e. The Kier molecular flexibility index (Phi) is 4.45. The van der Waals surface area contributed by atoms with Crippen molar-refractivity contribution in [2.24, 2.45) is 11.8 Å². The van der Waals surface area contributed by atoms with Crippen LogP contribution in [0.15, 0.2) is 6.33 Å². The van der Waals surface area contributed by atoms with E-state index in [0.29, 0.717) is 30.7 Å². The number of hydrogen-bond donors (Lipinski definition) is 0. The number of nitrogens with zero attached hydrogens (tertiary/aromatic N) is 5. The SMILES string of the molecule is Cc1ncnc(N2CC3CN(CCN4CCCS4(=O)=O)CC3C2)c1C. The van der Waals surface area contributed by atoms with E-state index in [1.165, 1.54) is 5.56 Å². The summed E-state index contributed by atoms with van der Waals surface area (Å²) in [5, 5.41) is 0. The van der Waals surface area contributed by atoms with E-state index in [4.69, 9.17) is 0 Å². The number of anilines is 1. The van der Waals surface area contributed by atoms with Crippen LogP contribution in [0.2, 0.25) is 0 Å². The second kappa shape index (κ2) is 6.48. The average Bonchev–Trinajstić information content (AvgIpc) is 3.20. The highest BCUT2D eigenvalue weighted by atomic mass is 32.2. The molecule has 0 saturated carbocycles. The van der Waals surface area contributed by atoms with Gasteiger partial charge in [0.15, 0.2) is 0 Å². The molecule has 3 aliphatic rings. The summed E-state index contributed by atoms with van der Waals surface area (Å²) in [5.74, 6) is 2.72. The molecule has 2 atom stereocenters. The Morgan fingerprint density at radius 2 is 1.80 bits per heavy atom. The average molecular weight is 366 g/mol. The predicted octanol–water partition coefficient (Wildman–Crippen LogP) is 0.497. The molecule has 3 saturated heterocycles. The molecule has 3 fully saturated rings. The standard InChI is InChI=1S/C17H27N5O2S/c1-13-14(2)18-12-19-17(13)21-10-15-8-20(9-16(15)11-21)5-6-22-4-3-7-25(22,23)24/h12,15-16H,3-11H2,1-2H3. The number of rotatable bonds is 4. The van der Waals surface area contributed by atoms with Gasteiger partial charge in [-0.2, -0.15) is 0 Å². The number of aryl methyl sites for hydroxylation is 1. The Bertz CT molecular complexity index is 739. The van der Waals surface area contributed by atoms with Crippen molar-refractivity contribution in [2.75, 3.05) is 56.5 Å². The van der Waals surface area contributed by atoms with Crippen molar-refractivity contribution in [1.29, 1.82) is 0 Å². The smallest absolute Gasteiger partial charge is 0.214 e. The molecule has 2 unspecified atom stereocenters. The van der Waals surface area contributed by atoms with Gasteiger partial charge >= 0.3 is 0 Å². The van der Waals surface area contributed by atoms with E-state index in [-0.39, 0.29) is 0 Å². The largest absolute Gasteiger partial charge is 0.356 e. The minimum Gasteiger partial charge on any atom is -0.356 e. The minimum absolute atomic E-state index is 0.324. The Balaban J connectivity index is 1.33. The van der Waals surface area contributed by atoms with Gasteiger partial charge in [0.2, 0.25) is 10.0 Å². The molecule has 0 radical (unpaired) electrons. The van der Waals surface area contributed by atoms with Gasteiger partial charge < -0.3 is 9.80 Å². The molecule has 1 aromatic rings. The van der Waals surface area contributed by atoms with Gasteiger partial charge in [-0.1, -0.05) is 0 Å². The first-order valence-electron chi connectivity index (χ1n) is 9.17. The van der Waals surface area contributed by atoms with Crippen molar-refractivity contribution >= 4 is 15.8 Å². The van der Waals surface area contributed by atoms with Crippen molar-refractivity contribution in [3.8, 4) is 0 Å². The lowest BCUT2D eigenvalue weighted by Gasteiger charge is -2.24. The van der Waals surface area contributed by atoms with Gasteiger partial charge in [0.1, 0.15) is 12.1 Å². The van der Waals surface area contributed by atoms with Gasteiger partial charge in [0.25, 0.3) is 0 Å². The number of fused-ring (bicyclic) bond motifs is 1. The lowest BCUT2D eigenvalue weighted by Crippen LogP contribution is -2.37. The molecule has 0 bridgehead atoms. The summed E-state index contributed by atoms with van der Waals surface area (Å²) in [6.07, 6.45) is 2.44. The van der Waals surface area contributed by atoms with Crippen LogP contribution in [-0.2, 0) is 10.0 Å². The van der Waals surface area contributed by atoms with E-state index in [0.717, 1.165) is 50.7 Å². The molecule has 7 nitrogen and oxygen atoms in total. The summed E-state index contributed by atoms with van der Waals surface area (Å²) in [5.41, 5.74) is 2.23. The second-order valence-electron chi connectivity index (χ2n) is 7.66. The summed E-state index contributed by atoms with van der Waals surface area (Å²) in [7, 11) is -2.97. The number of aromatic nitrogens is 2. The molecule has 4 rings (SSSR count). The third-order valence-corrected chi connectivity index (χ3v) is 8.00. The van der Waals surface area contributed by atoms with Crippen LogP contribution in [0.4, 0.5) is 5.82 Å². The van der Waals surface area contributed by atoms with Crippen LogP contribution in [0, 0.1) is 25.7 Å². The Morgan fingerprint density at radius 1 is 1.08 bits per heavy atom. The molecule has 138 valence electrons. The zero-order valence-electron chi connectivity index (χ0n) is 15.1. The molecular formula is C17H27N5O2S. The maximum atomic E-state index is 11.9. The predicted molar refractivity (Wildman–Crippen MR) is 97.1 cm³/mol. The molecule has 4 heterocycles. The van der Waals surface area contributed by atoms with Crippen LogP contribution in [0.5, 0.6) is 0 Å². The zero-order valence-corrected chi connectivity index (χ0v) is 15.9. The van der Waals surface area contributed by atoms with E-state index in [9.17, 15) is 8.42 Å². The molecule has 3 aliphatic heterocycles. The van der Waals surface area contributed by atoms with Crippen LogP contribution >= 0.6 is 0 Å². The molecule has 8 heteroatoms. The third-order valence-electron chi connectivity index (χ3n) is 6.04. The molecule has 1 aromatic heterocycles. The van der Waals surface area contributed by atoms with Gasteiger partial charge in [0, 0.05) is 57.1 Å². The Morgan fingerprint density at radius 3 is 2.44 bits per heavy atom. The summed E-state index contributed by atoms with van der Waals surface area (Å²) in [6, 6.07) is 0. The van der Waals surface area contributed by atoms with Crippen LogP contribution in [0.1, 0.15) is 17.7 Å². The first kappa shape index (κ1) is 17.2. The first-order valence-corrected chi connectivity index (χ1v) is 10.8. The van der Waals surface area contributed by atoms with E-state index in [1.54, 1.807) is 10.6 Å². The molecule has 0 N–H and O–H groups in total. The highest BCUT2D eigenvalue weighted by Gasteiger charge is 2.41. The van der Waals surface area contributed by atoms with Crippen molar-refractivity contribution in [3.05, 3.63) is 17.6 Å². The summed E-state index contributed by atoms with van der Waals surface area (Å²) >= 11 is 0. The fourth-order valence-corrected chi connectivity index (χ4v) is 6.00. The lowest BCUT2D eigenvalue weighted by molar-refractivity contribution is 0.286. The number of likely N-dealkylation sites (tertiary alicyclic amines) is 1.